The zero-order valence-corrected chi connectivity index (χ0v) is 13.2. The van der Waals surface area contributed by atoms with Gasteiger partial charge in [-0.2, -0.15) is 0 Å². The first-order valence-corrected chi connectivity index (χ1v) is 8.65. The van der Waals surface area contributed by atoms with Crippen LogP contribution in [0.25, 0.3) is 0 Å². The summed E-state index contributed by atoms with van der Waals surface area (Å²) in [5.74, 6) is 0.344. The van der Waals surface area contributed by atoms with Gasteiger partial charge in [0.15, 0.2) is 0 Å². The van der Waals surface area contributed by atoms with E-state index >= 15 is 0 Å². The molecule has 1 N–H and O–H groups in total. The third kappa shape index (κ3) is 2.67. The summed E-state index contributed by atoms with van der Waals surface area (Å²) < 4.78 is 0. The van der Waals surface area contributed by atoms with Crippen molar-refractivity contribution >= 4 is 29.3 Å². The van der Waals surface area contributed by atoms with Crippen molar-refractivity contribution in [3.05, 3.63) is 24.3 Å². The molecule has 4 nitrogen and oxygen atoms in total. The largest absolute Gasteiger partial charge is 0.342 e. The quantitative estimate of drug-likeness (QED) is 0.869. The Bertz CT molecular complexity index is 554. The molecule has 2 unspecified atom stereocenters. The fraction of sp³-hybridized carbons (Fsp3) is 0.500. The molecular weight excluding hydrogens is 284 g/mol. The molecule has 1 saturated heterocycles. The second-order valence-electron chi connectivity index (χ2n) is 5.65. The van der Waals surface area contributed by atoms with E-state index in [2.05, 4.69) is 5.32 Å². The zero-order valence-electron chi connectivity index (χ0n) is 12.3. The van der Waals surface area contributed by atoms with E-state index in [9.17, 15) is 9.59 Å². The molecule has 0 bridgehead atoms. The predicted octanol–water partition coefficient (Wildman–Crippen LogP) is 2.43. The number of nitrogens with one attached hydrogen (secondary N) is 1. The Balaban J connectivity index is 1.93. The van der Waals surface area contributed by atoms with Gasteiger partial charge in [0.1, 0.15) is 12.1 Å². The van der Waals surface area contributed by atoms with E-state index < -0.39 is 6.04 Å². The molecule has 2 atom stereocenters. The summed E-state index contributed by atoms with van der Waals surface area (Å²) in [6.45, 7) is 1.94. The number of thioether (sulfide) groups is 1. The molecule has 1 saturated carbocycles. The van der Waals surface area contributed by atoms with Crippen LogP contribution in [0.15, 0.2) is 29.2 Å². The van der Waals surface area contributed by atoms with E-state index in [-0.39, 0.29) is 17.9 Å². The van der Waals surface area contributed by atoms with E-state index in [4.69, 9.17) is 0 Å². The van der Waals surface area contributed by atoms with Crippen LogP contribution in [0.4, 0.5) is 5.69 Å². The topological polar surface area (TPSA) is 49.4 Å². The monoisotopic (exact) mass is 304 g/mol. The molecule has 0 radical (unpaired) electrons. The van der Waals surface area contributed by atoms with Gasteiger partial charge in [-0.15, -0.1) is 11.8 Å². The number of hydrogen-bond acceptors (Lipinski definition) is 3. The second kappa shape index (κ2) is 5.72. The second-order valence-corrected chi connectivity index (χ2v) is 6.53. The number of carbonyl (C=O) groups is 2. The third-order valence-electron chi connectivity index (χ3n) is 4.25. The van der Waals surface area contributed by atoms with Crippen molar-refractivity contribution in [2.45, 2.75) is 43.2 Å². The first-order chi connectivity index (χ1) is 10.2. The smallest absolute Gasteiger partial charge is 0.250 e. The van der Waals surface area contributed by atoms with E-state index in [0.717, 1.165) is 23.4 Å². The summed E-state index contributed by atoms with van der Waals surface area (Å²) in [5, 5.41) is 2.92. The van der Waals surface area contributed by atoms with Crippen molar-refractivity contribution < 1.29 is 9.59 Å². The number of rotatable bonds is 4. The lowest BCUT2D eigenvalue weighted by atomic mass is 10.0. The first kappa shape index (κ1) is 14.4. The molecule has 21 heavy (non-hydrogen) atoms. The molecule has 0 spiro atoms. The van der Waals surface area contributed by atoms with Gasteiger partial charge < -0.3 is 5.32 Å². The maximum absolute atomic E-state index is 12.8. The number of nitrogens with zero attached hydrogens (tertiary/aromatic N) is 1. The van der Waals surface area contributed by atoms with Crippen molar-refractivity contribution in [2.24, 2.45) is 5.92 Å². The van der Waals surface area contributed by atoms with E-state index in [1.807, 2.05) is 37.4 Å². The molecule has 0 aromatic heterocycles. The number of benzene rings is 1. The van der Waals surface area contributed by atoms with Crippen LogP contribution in [-0.4, -0.2) is 30.2 Å². The lowest BCUT2D eigenvalue weighted by Crippen LogP contribution is -2.64. The van der Waals surface area contributed by atoms with Crippen LogP contribution in [0.1, 0.15) is 26.2 Å². The van der Waals surface area contributed by atoms with E-state index in [1.54, 1.807) is 16.7 Å². The lowest BCUT2D eigenvalue weighted by molar-refractivity contribution is -0.134. The van der Waals surface area contributed by atoms with Gasteiger partial charge in [0, 0.05) is 10.6 Å². The molecular formula is C16H20N2O2S. The Kier molecular flexibility index (Phi) is 3.93. The Morgan fingerprint density at radius 1 is 1.24 bits per heavy atom. The van der Waals surface area contributed by atoms with Gasteiger partial charge in [-0.1, -0.05) is 6.92 Å². The summed E-state index contributed by atoms with van der Waals surface area (Å²) in [5.41, 5.74) is 0.824. The van der Waals surface area contributed by atoms with Crippen molar-refractivity contribution in [1.82, 2.24) is 5.32 Å². The molecule has 3 rings (SSSR count). The fourth-order valence-electron chi connectivity index (χ4n) is 2.90. The number of anilines is 1. The van der Waals surface area contributed by atoms with Gasteiger partial charge >= 0.3 is 0 Å². The highest BCUT2D eigenvalue weighted by Gasteiger charge is 2.46. The first-order valence-electron chi connectivity index (χ1n) is 7.43. The van der Waals surface area contributed by atoms with Crippen LogP contribution in [0, 0.1) is 5.92 Å². The molecule has 1 aliphatic heterocycles. The highest BCUT2D eigenvalue weighted by atomic mass is 32.2. The average molecular weight is 304 g/mol. The molecule has 2 fully saturated rings. The minimum Gasteiger partial charge on any atom is -0.342 e. The number of amides is 2. The molecule has 1 aromatic carbocycles. The van der Waals surface area contributed by atoms with Gasteiger partial charge in [-0.25, -0.2) is 0 Å². The van der Waals surface area contributed by atoms with Crippen molar-refractivity contribution in [3.63, 3.8) is 0 Å². The van der Waals surface area contributed by atoms with Crippen LogP contribution < -0.4 is 10.2 Å². The van der Waals surface area contributed by atoms with Crippen LogP contribution in [0.3, 0.4) is 0 Å². The predicted molar refractivity (Wildman–Crippen MR) is 84.4 cm³/mol. The highest BCUT2D eigenvalue weighted by molar-refractivity contribution is 7.98. The fourth-order valence-corrected chi connectivity index (χ4v) is 3.31. The van der Waals surface area contributed by atoms with Gasteiger partial charge in [0.2, 0.25) is 5.91 Å². The van der Waals surface area contributed by atoms with Gasteiger partial charge in [0.25, 0.3) is 5.91 Å². The third-order valence-corrected chi connectivity index (χ3v) is 4.99. The van der Waals surface area contributed by atoms with Crippen LogP contribution in [0.2, 0.25) is 0 Å². The standard InChI is InChI=1S/C16H20N2O2S/c1-3-13-15(19)17-14(10-4-5-10)16(20)18(13)11-6-8-12(21-2)9-7-11/h6-10,13-14H,3-5H2,1-2H3,(H,17,19). The Labute approximate surface area is 129 Å². The molecule has 2 amide bonds. The van der Waals surface area contributed by atoms with Crippen LogP contribution in [-0.2, 0) is 9.59 Å². The van der Waals surface area contributed by atoms with Gasteiger partial charge in [-0.05, 0) is 55.7 Å². The molecule has 1 heterocycles. The van der Waals surface area contributed by atoms with E-state index in [1.165, 1.54) is 0 Å². The maximum Gasteiger partial charge on any atom is 0.250 e. The van der Waals surface area contributed by atoms with Gasteiger partial charge in [-0.3, -0.25) is 14.5 Å². The van der Waals surface area contributed by atoms with Crippen molar-refractivity contribution in [1.29, 1.82) is 0 Å². The average Bonchev–Trinajstić information content (AvgIpc) is 3.33. The molecule has 2 aliphatic rings. The summed E-state index contributed by atoms with van der Waals surface area (Å²) >= 11 is 1.66. The molecule has 1 aliphatic carbocycles. The Morgan fingerprint density at radius 2 is 1.90 bits per heavy atom. The van der Waals surface area contributed by atoms with Crippen LogP contribution in [0.5, 0.6) is 0 Å². The number of carbonyl (C=O) groups excluding carboxylic acids is 2. The minimum absolute atomic E-state index is 0.0251. The molecule has 5 heteroatoms. The summed E-state index contributed by atoms with van der Waals surface area (Å²) in [4.78, 5) is 27.9. The minimum atomic E-state index is -0.396. The normalized spacial score (nSPS) is 25.9. The lowest BCUT2D eigenvalue weighted by Gasteiger charge is -2.38. The number of piperazine rings is 1. The zero-order chi connectivity index (χ0) is 15.0. The number of hydrogen-bond donors (Lipinski definition) is 1. The van der Waals surface area contributed by atoms with E-state index in [0.29, 0.717) is 12.3 Å². The summed E-state index contributed by atoms with van der Waals surface area (Å²) in [7, 11) is 0. The summed E-state index contributed by atoms with van der Waals surface area (Å²) in [6.07, 6.45) is 4.71. The molecule has 1 aromatic rings. The Hall–Kier alpha value is -1.49. The highest BCUT2D eigenvalue weighted by Crippen LogP contribution is 2.36. The van der Waals surface area contributed by atoms with Crippen molar-refractivity contribution in [2.75, 3.05) is 11.2 Å². The SMILES string of the molecule is CCC1C(=O)NC(C2CC2)C(=O)N1c1ccc(SC)cc1. The Morgan fingerprint density at radius 3 is 2.43 bits per heavy atom. The van der Waals surface area contributed by atoms with Crippen molar-refractivity contribution in [3.8, 4) is 0 Å². The maximum atomic E-state index is 12.8. The summed E-state index contributed by atoms with van der Waals surface area (Å²) in [6, 6.07) is 7.15. The van der Waals surface area contributed by atoms with Crippen LogP contribution >= 0.6 is 11.8 Å². The molecule has 112 valence electrons. The van der Waals surface area contributed by atoms with Gasteiger partial charge in [0.05, 0.1) is 0 Å².